The number of carboxylic acid groups (broad SMARTS) is 1. The van der Waals surface area contributed by atoms with Crippen LogP contribution in [-0.2, 0) is 0 Å². The van der Waals surface area contributed by atoms with E-state index >= 15 is 0 Å². The summed E-state index contributed by atoms with van der Waals surface area (Å²) >= 11 is 0. The molecule has 0 unspecified atom stereocenters. The van der Waals surface area contributed by atoms with E-state index in [9.17, 15) is 14.9 Å². The standard InChI is InChI=1S/C19H13N5O3/c20-10-15-16(22-11-12-6-8-13(9-7-12)18(25)26)17(21)24(19(27)23-15)14-4-2-1-3-5-14/h1-9,11H,21H2,(H,25,26). The highest BCUT2D eigenvalue weighted by atomic mass is 16.4. The van der Waals surface area contributed by atoms with E-state index in [1.807, 2.05) is 6.07 Å². The summed E-state index contributed by atoms with van der Waals surface area (Å²) in [5, 5.41) is 18.2. The Kier molecular flexibility index (Phi) is 4.77. The van der Waals surface area contributed by atoms with Crippen molar-refractivity contribution in [3.05, 3.63) is 81.9 Å². The van der Waals surface area contributed by atoms with Crippen LogP contribution in [0.4, 0.5) is 11.5 Å². The zero-order valence-electron chi connectivity index (χ0n) is 13.9. The second-order valence-corrected chi connectivity index (χ2v) is 5.44. The van der Waals surface area contributed by atoms with Crippen molar-refractivity contribution in [1.29, 1.82) is 5.26 Å². The summed E-state index contributed by atoms with van der Waals surface area (Å²) < 4.78 is 1.17. The van der Waals surface area contributed by atoms with Gasteiger partial charge in [0.2, 0.25) is 0 Å². The van der Waals surface area contributed by atoms with E-state index in [0.717, 1.165) is 0 Å². The zero-order chi connectivity index (χ0) is 19.4. The van der Waals surface area contributed by atoms with E-state index in [2.05, 4.69) is 9.98 Å². The van der Waals surface area contributed by atoms with E-state index in [1.54, 1.807) is 42.5 Å². The molecular formula is C19H13N5O3. The molecule has 0 bridgehead atoms. The molecule has 0 saturated carbocycles. The maximum Gasteiger partial charge on any atom is 0.355 e. The third-order valence-corrected chi connectivity index (χ3v) is 3.73. The monoisotopic (exact) mass is 359 g/mol. The molecular weight excluding hydrogens is 346 g/mol. The number of aliphatic imine (C=N–C) groups is 1. The fourth-order valence-electron chi connectivity index (χ4n) is 2.41. The van der Waals surface area contributed by atoms with Crippen molar-refractivity contribution in [3.8, 4) is 11.8 Å². The highest BCUT2D eigenvalue weighted by Crippen LogP contribution is 2.25. The minimum Gasteiger partial charge on any atom is -0.478 e. The molecule has 132 valence electrons. The summed E-state index contributed by atoms with van der Waals surface area (Å²) in [6.45, 7) is 0. The Morgan fingerprint density at radius 1 is 1.19 bits per heavy atom. The molecule has 0 aliphatic carbocycles. The Balaban J connectivity index is 2.08. The summed E-state index contributed by atoms with van der Waals surface area (Å²) in [6.07, 6.45) is 1.42. The molecule has 0 fully saturated rings. The molecule has 3 rings (SSSR count). The van der Waals surface area contributed by atoms with Gasteiger partial charge in [0.05, 0.1) is 11.3 Å². The predicted molar refractivity (Wildman–Crippen MR) is 99.6 cm³/mol. The van der Waals surface area contributed by atoms with Gasteiger partial charge in [-0.1, -0.05) is 30.3 Å². The number of carbonyl (C=O) groups is 1. The largest absolute Gasteiger partial charge is 0.478 e. The molecule has 8 nitrogen and oxygen atoms in total. The van der Waals surface area contributed by atoms with Gasteiger partial charge in [-0.2, -0.15) is 10.2 Å². The molecule has 0 atom stereocenters. The molecule has 1 aromatic heterocycles. The number of carboxylic acids is 1. The fraction of sp³-hybridized carbons (Fsp3) is 0. The maximum atomic E-state index is 12.3. The first kappa shape index (κ1) is 17.6. The van der Waals surface area contributed by atoms with Crippen molar-refractivity contribution in [2.75, 3.05) is 5.73 Å². The van der Waals surface area contributed by atoms with Gasteiger partial charge in [-0.3, -0.25) is 0 Å². The number of nitrogens with two attached hydrogens (primary N) is 1. The van der Waals surface area contributed by atoms with Crippen LogP contribution in [0, 0.1) is 11.3 Å². The smallest absolute Gasteiger partial charge is 0.355 e. The number of anilines is 1. The topological polar surface area (TPSA) is 134 Å². The minimum absolute atomic E-state index is 0.0174. The van der Waals surface area contributed by atoms with E-state index in [-0.39, 0.29) is 22.8 Å². The van der Waals surface area contributed by atoms with Crippen LogP contribution in [0.5, 0.6) is 0 Å². The minimum atomic E-state index is -1.03. The highest BCUT2D eigenvalue weighted by molar-refractivity contribution is 5.90. The van der Waals surface area contributed by atoms with Crippen molar-refractivity contribution in [2.24, 2.45) is 4.99 Å². The van der Waals surface area contributed by atoms with Gasteiger partial charge >= 0.3 is 11.7 Å². The summed E-state index contributed by atoms with van der Waals surface area (Å²) in [5.41, 5.74) is 6.53. The third-order valence-electron chi connectivity index (χ3n) is 3.73. The van der Waals surface area contributed by atoms with E-state index < -0.39 is 11.7 Å². The summed E-state index contributed by atoms with van der Waals surface area (Å²) in [7, 11) is 0. The fourth-order valence-corrected chi connectivity index (χ4v) is 2.41. The first-order valence-electron chi connectivity index (χ1n) is 7.76. The normalized spacial score (nSPS) is 10.6. The summed E-state index contributed by atoms with van der Waals surface area (Å²) in [6, 6.07) is 16.5. The quantitative estimate of drug-likeness (QED) is 0.685. The van der Waals surface area contributed by atoms with Gasteiger partial charge in [0, 0.05) is 6.21 Å². The van der Waals surface area contributed by atoms with Crippen LogP contribution in [-0.4, -0.2) is 26.8 Å². The van der Waals surface area contributed by atoms with Crippen molar-refractivity contribution in [2.45, 2.75) is 0 Å². The van der Waals surface area contributed by atoms with E-state index in [4.69, 9.17) is 10.8 Å². The van der Waals surface area contributed by atoms with Crippen LogP contribution in [0.15, 0.2) is 64.4 Å². The van der Waals surface area contributed by atoms with Crippen LogP contribution in [0.3, 0.4) is 0 Å². The Bertz CT molecular complexity index is 1130. The lowest BCUT2D eigenvalue weighted by atomic mass is 10.1. The Labute approximate surface area is 153 Å². The summed E-state index contributed by atoms with van der Waals surface area (Å²) in [4.78, 5) is 31.1. The molecule has 2 aromatic carbocycles. The van der Waals surface area contributed by atoms with Crippen LogP contribution in [0.25, 0.3) is 5.69 Å². The number of rotatable bonds is 4. The molecule has 8 heteroatoms. The van der Waals surface area contributed by atoms with E-state index in [0.29, 0.717) is 11.3 Å². The molecule has 0 spiro atoms. The summed E-state index contributed by atoms with van der Waals surface area (Å²) in [5.74, 6) is -1.05. The molecule has 3 aromatic rings. The second-order valence-electron chi connectivity index (χ2n) is 5.44. The molecule has 0 aliphatic heterocycles. The molecule has 0 aliphatic rings. The van der Waals surface area contributed by atoms with Crippen molar-refractivity contribution in [3.63, 3.8) is 0 Å². The van der Waals surface area contributed by atoms with Crippen LogP contribution in [0.2, 0.25) is 0 Å². The highest BCUT2D eigenvalue weighted by Gasteiger charge is 2.15. The number of hydrogen-bond acceptors (Lipinski definition) is 6. The van der Waals surface area contributed by atoms with Gasteiger partial charge in [0.25, 0.3) is 0 Å². The zero-order valence-corrected chi connectivity index (χ0v) is 13.9. The van der Waals surface area contributed by atoms with Gasteiger partial charge < -0.3 is 10.8 Å². The lowest BCUT2D eigenvalue weighted by Gasteiger charge is -2.11. The SMILES string of the molecule is N#Cc1nc(=O)n(-c2ccccc2)c(N)c1N=Cc1ccc(C(=O)O)cc1. The Hall–Kier alpha value is -4.25. The van der Waals surface area contributed by atoms with Gasteiger partial charge in [0.15, 0.2) is 5.69 Å². The van der Waals surface area contributed by atoms with Crippen LogP contribution < -0.4 is 11.4 Å². The van der Waals surface area contributed by atoms with Crippen LogP contribution >= 0.6 is 0 Å². The van der Waals surface area contributed by atoms with Crippen molar-refractivity contribution < 1.29 is 9.90 Å². The predicted octanol–water partition coefficient (Wildman–Crippen LogP) is 2.14. The molecule has 0 amide bonds. The van der Waals surface area contributed by atoms with Gasteiger partial charge in [-0.05, 0) is 29.8 Å². The molecule has 0 saturated heterocycles. The van der Waals surface area contributed by atoms with Gasteiger partial charge in [0.1, 0.15) is 17.6 Å². The lowest BCUT2D eigenvalue weighted by molar-refractivity contribution is 0.0697. The average Bonchev–Trinajstić information content (AvgIpc) is 2.68. The third kappa shape index (κ3) is 3.57. The number of hydrogen-bond donors (Lipinski definition) is 2. The van der Waals surface area contributed by atoms with Crippen molar-refractivity contribution >= 4 is 23.7 Å². The van der Waals surface area contributed by atoms with Crippen molar-refractivity contribution in [1.82, 2.24) is 9.55 Å². The number of para-hydroxylation sites is 1. The van der Waals surface area contributed by atoms with E-state index in [1.165, 1.54) is 22.9 Å². The second kappa shape index (κ2) is 7.33. The number of benzene rings is 2. The molecule has 0 radical (unpaired) electrons. The van der Waals surface area contributed by atoms with Crippen LogP contribution in [0.1, 0.15) is 21.6 Å². The first-order valence-corrected chi connectivity index (χ1v) is 7.76. The molecule has 3 N–H and O–H groups in total. The Morgan fingerprint density at radius 2 is 1.85 bits per heavy atom. The average molecular weight is 359 g/mol. The Morgan fingerprint density at radius 3 is 2.44 bits per heavy atom. The maximum absolute atomic E-state index is 12.3. The number of nitriles is 1. The molecule has 1 heterocycles. The number of nitrogens with zero attached hydrogens (tertiary/aromatic N) is 4. The number of aromatic carboxylic acids is 1. The lowest BCUT2D eigenvalue weighted by Crippen LogP contribution is -2.25. The first-order chi connectivity index (χ1) is 13.0. The van der Waals surface area contributed by atoms with Gasteiger partial charge in [-0.25, -0.2) is 19.1 Å². The number of aromatic nitrogens is 2. The van der Waals surface area contributed by atoms with Gasteiger partial charge in [-0.15, -0.1) is 0 Å². The number of nitrogen functional groups attached to an aromatic ring is 1. The molecule has 27 heavy (non-hydrogen) atoms.